The third-order valence-corrected chi connectivity index (χ3v) is 3.63. The molecular weight excluding hydrogens is 307 g/mol. The normalized spacial score (nSPS) is 10.5. The van der Waals surface area contributed by atoms with Crippen LogP contribution in [0.15, 0.2) is 42.6 Å². The average molecular weight is 323 g/mol. The molecule has 4 heteroatoms. The van der Waals surface area contributed by atoms with Crippen LogP contribution in [0, 0.1) is 5.82 Å². The van der Waals surface area contributed by atoms with Gasteiger partial charge in [0.15, 0.2) is 0 Å². The third kappa shape index (κ3) is 3.53. The Bertz CT molecular complexity index is 531. The average Bonchev–Trinajstić information content (AvgIpc) is 2.45. The molecule has 1 heterocycles. The highest BCUT2D eigenvalue weighted by Gasteiger charge is 2.12. The van der Waals surface area contributed by atoms with Crippen molar-refractivity contribution in [3.63, 3.8) is 0 Å². The van der Waals surface area contributed by atoms with Crippen molar-refractivity contribution >= 4 is 21.6 Å². The molecule has 0 aliphatic rings. The van der Waals surface area contributed by atoms with E-state index in [4.69, 9.17) is 0 Å². The number of alkyl halides is 1. The predicted octanol–water partition coefficient (Wildman–Crippen LogP) is 3.79. The van der Waals surface area contributed by atoms with Crippen molar-refractivity contribution in [3.8, 4) is 0 Å². The number of halogens is 2. The summed E-state index contributed by atoms with van der Waals surface area (Å²) in [6.07, 6.45) is 2.58. The zero-order chi connectivity index (χ0) is 13.7. The van der Waals surface area contributed by atoms with E-state index in [9.17, 15) is 4.39 Å². The van der Waals surface area contributed by atoms with Gasteiger partial charge in [0.2, 0.25) is 0 Å². The van der Waals surface area contributed by atoms with Crippen LogP contribution < -0.4 is 4.90 Å². The Morgan fingerprint density at radius 2 is 2.05 bits per heavy atom. The van der Waals surface area contributed by atoms with Gasteiger partial charge in [-0.1, -0.05) is 34.1 Å². The molecule has 1 aromatic carbocycles. The Morgan fingerprint density at radius 3 is 2.74 bits per heavy atom. The summed E-state index contributed by atoms with van der Waals surface area (Å²) in [6, 6.07) is 11.0. The highest BCUT2D eigenvalue weighted by molar-refractivity contribution is 9.08. The van der Waals surface area contributed by atoms with E-state index < -0.39 is 0 Å². The van der Waals surface area contributed by atoms with Crippen LogP contribution in [0.1, 0.15) is 11.3 Å². The number of aromatic nitrogens is 1. The molecule has 0 bridgehead atoms. The quantitative estimate of drug-likeness (QED) is 0.778. The summed E-state index contributed by atoms with van der Waals surface area (Å²) in [5.41, 5.74) is 2.64. The number of hydrogen-bond donors (Lipinski definition) is 0. The van der Waals surface area contributed by atoms with Crippen molar-refractivity contribution in [1.29, 1.82) is 0 Å². The van der Waals surface area contributed by atoms with E-state index >= 15 is 0 Å². The van der Waals surface area contributed by atoms with Gasteiger partial charge in [0.25, 0.3) is 0 Å². The summed E-state index contributed by atoms with van der Waals surface area (Å²) in [5.74, 6) is -0.180. The maximum absolute atomic E-state index is 13.9. The zero-order valence-corrected chi connectivity index (χ0v) is 12.4. The van der Waals surface area contributed by atoms with Gasteiger partial charge in [0.05, 0.1) is 5.69 Å². The molecule has 0 aliphatic heterocycles. The molecule has 0 unspecified atom stereocenters. The number of hydrogen-bond acceptors (Lipinski definition) is 2. The van der Waals surface area contributed by atoms with Crippen LogP contribution in [0.5, 0.6) is 0 Å². The Hall–Kier alpha value is -1.42. The minimum absolute atomic E-state index is 0.180. The predicted molar refractivity (Wildman–Crippen MR) is 80.2 cm³/mol. The summed E-state index contributed by atoms with van der Waals surface area (Å²) in [7, 11) is 1.91. The van der Waals surface area contributed by atoms with E-state index in [1.807, 2.05) is 36.2 Å². The second kappa shape index (κ2) is 6.66. The largest absolute Gasteiger partial charge is 0.372 e. The molecule has 2 nitrogen and oxygen atoms in total. The lowest BCUT2D eigenvalue weighted by Gasteiger charge is -2.22. The van der Waals surface area contributed by atoms with Gasteiger partial charge in [-0.15, -0.1) is 0 Å². The van der Waals surface area contributed by atoms with Crippen LogP contribution >= 0.6 is 15.9 Å². The number of para-hydroxylation sites is 1. The summed E-state index contributed by atoms with van der Waals surface area (Å²) in [5, 5.41) is 0.647. The van der Waals surface area contributed by atoms with Gasteiger partial charge in [-0.25, -0.2) is 4.39 Å². The number of pyridine rings is 1. The molecule has 2 rings (SSSR count). The second-order valence-corrected chi connectivity index (χ2v) is 4.93. The first kappa shape index (κ1) is 14.0. The Morgan fingerprint density at radius 1 is 1.21 bits per heavy atom. The lowest BCUT2D eigenvalue weighted by atomic mass is 10.1. The molecule has 0 aliphatic carbocycles. The van der Waals surface area contributed by atoms with E-state index in [2.05, 4.69) is 20.9 Å². The van der Waals surface area contributed by atoms with Crippen LogP contribution in [0.3, 0.4) is 0 Å². The summed E-state index contributed by atoms with van der Waals surface area (Å²) in [4.78, 5) is 6.22. The molecule has 100 valence electrons. The number of likely N-dealkylation sites (N-methyl/N-ethyl adjacent to an activating group) is 1. The lowest BCUT2D eigenvalue weighted by molar-refractivity contribution is 0.620. The molecular formula is C15H16BrFN2. The molecule has 0 amide bonds. The second-order valence-electron chi connectivity index (χ2n) is 4.37. The first-order valence-electron chi connectivity index (χ1n) is 6.16. The minimum Gasteiger partial charge on any atom is -0.372 e. The molecule has 2 aromatic rings. The third-order valence-electron chi connectivity index (χ3n) is 3.03. The van der Waals surface area contributed by atoms with Gasteiger partial charge in [0, 0.05) is 37.2 Å². The standard InChI is InChI=1S/C15H16BrFN2/c1-19(10-8-13-6-2-3-9-18-13)15-12(11-16)5-4-7-14(15)17/h2-7,9H,8,10-11H2,1H3. The van der Waals surface area contributed by atoms with E-state index in [0.29, 0.717) is 11.0 Å². The van der Waals surface area contributed by atoms with Crippen LogP contribution in [-0.2, 0) is 11.8 Å². The number of nitrogens with zero attached hydrogens (tertiary/aromatic N) is 2. The van der Waals surface area contributed by atoms with Crippen LogP contribution in [0.25, 0.3) is 0 Å². The van der Waals surface area contributed by atoms with E-state index in [1.54, 1.807) is 12.3 Å². The molecule has 0 spiro atoms. The fourth-order valence-corrected chi connectivity index (χ4v) is 2.49. The van der Waals surface area contributed by atoms with Crippen LogP contribution in [0.2, 0.25) is 0 Å². The van der Waals surface area contributed by atoms with Gasteiger partial charge in [-0.05, 0) is 23.8 Å². The van der Waals surface area contributed by atoms with Crippen molar-refractivity contribution in [2.45, 2.75) is 11.8 Å². The maximum atomic E-state index is 13.9. The molecule has 0 saturated carbocycles. The van der Waals surface area contributed by atoms with Gasteiger partial charge in [-0.2, -0.15) is 0 Å². The molecule has 0 N–H and O–H groups in total. The number of rotatable bonds is 5. The first-order valence-corrected chi connectivity index (χ1v) is 7.29. The van der Waals surface area contributed by atoms with E-state index in [0.717, 1.165) is 24.2 Å². The number of benzene rings is 1. The van der Waals surface area contributed by atoms with Crippen LogP contribution in [0.4, 0.5) is 10.1 Å². The van der Waals surface area contributed by atoms with E-state index in [1.165, 1.54) is 6.07 Å². The minimum atomic E-state index is -0.180. The molecule has 0 saturated heterocycles. The van der Waals surface area contributed by atoms with Crippen molar-refractivity contribution in [2.24, 2.45) is 0 Å². The summed E-state index contributed by atoms with van der Waals surface area (Å²) >= 11 is 3.40. The first-order chi connectivity index (χ1) is 9.22. The zero-order valence-electron chi connectivity index (χ0n) is 10.8. The molecule has 0 atom stereocenters. The van der Waals surface area contributed by atoms with Gasteiger partial charge >= 0.3 is 0 Å². The highest BCUT2D eigenvalue weighted by Crippen LogP contribution is 2.25. The molecule has 19 heavy (non-hydrogen) atoms. The Kier molecular flexibility index (Phi) is 4.91. The van der Waals surface area contributed by atoms with E-state index in [-0.39, 0.29) is 5.82 Å². The Labute approximate surface area is 121 Å². The lowest BCUT2D eigenvalue weighted by Crippen LogP contribution is -2.23. The van der Waals surface area contributed by atoms with Crippen molar-refractivity contribution in [2.75, 3.05) is 18.5 Å². The number of anilines is 1. The van der Waals surface area contributed by atoms with Crippen molar-refractivity contribution in [1.82, 2.24) is 4.98 Å². The SMILES string of the molecule is CN(CCc1ccccn1)c1c(F)cccc1CBr. The highest BCUT2D eigenvalue weighted by atomic mass is 79.9. The Balaban J connectivity index is 2.10. The molecule has 1 aromatic heterocycles. The van der Waals surface area contributed by atoms with Crippen LogP contribution in [-0.4, -0.2) is 18.6 Å². The fraction of sp³-hybridized carbons (Fsp3) is 0.267. The molecule has 0 radical (unpaired) electrons. The maximum Gasteiger partial charge on any atom is 0.146 e. The van der Waals surface area contributed by atoms with Crippen molar-refractivity contribution in [3.05, 3.63) is 59.7 Å². The summed E-state index contributed by atoms with van der Waals surface area (Å²) in [6.45, 7) is 0.734. The monoisotopic (exact) mass is 322 g/mol. The molecule has 0 fully saturated rings. The van der Waals surface area contributed by atoms with Gasteiger partial charge in [-0.3, -0.25) is 4.98 Å². The smallest absolute Gasteiger partial charge is 0.146 e. The topological polar surface area (TPSA) is 16.1 Å². The fourth-order valence-electron chi connectivity index (χ4n) is 2.04. The summed E-state index contributed by atoms with van der Waals surface area (Å²) < 4.78 is 13.9. The van der Waals surface area contributed by atoms with Gasteiger partial charge < -0.3 is 4.90 Å². The van der Waals surface area contributed by atoms with Crippen molar-refractivity contribution < 1.29 is 4.39 Å². The van der Waals surface area contributed by atoms with Gasteiger partial charge in [0.1, 0.15) is 5.82 Å².